The van der Waals surface area contributed by atoms with Crippen LogP contribution in [-0.2, 0) is 19.2 Å². The standard InChI is InChI=1S/C40H62Cl2N2O6/c41-33-21-27(13-17-35(33)43-37(45)29-15-11-25(19-31(29)39(47)48)23-7-3-1-4-8-23)28-14-18-36(34(42)22-28)44-38(46)30-16-12-26(20-32(30)40(49)50)24-9-5-2-6-10-24/h23-36H,1-22H2,(H,43,45)(H,44,46)(H,47,48)(H,49,50). The maximum atomic E-state index is 13.5. The lowest BCUT2D eigenvalue weighted by Gasteiger charge is -2.43. The van der Waals surface area contributed by atoms with Gasteiger partial charge in [-0.2, -0.15) is 0 Å². The number of carboxylic acid groups (broad SMARTS) is 2. The summed E-state index contributed by atoms with van der Waals surface area (Å²) in [5.41, 5.74) is 0. The Balaban J connectivity index is 0.951. The minimum Gasteiger partial charge on any atom is -0.481 e. The zero-order valence-electron chi connectivity index (χ0n) is 29.9. The molecule has 0 radical (unpaired) electrons. The van der Waals surface area contributed by atoms with Crippen LogP contribution >= 0.6 is 23.2 Å². The van der Waals surface area contributed by atoms with Crippen LogP contribution in [0.5, 0.6) is 0 Å². The topological polar surface area (TPSA) is 133 Å². The van der Waals surface area contributed by atoms with Crippen molar-refractivity contribution in [3.63, 3.8) is 0 Å². The average molecular weight is 738 g/mol. The van der Waals surface area contributed by atoms with Crippen LogP contribution in [0.3, 0.4) is 0 Å². The first kappa shape index (κ1) is 38.2. The van der Waals surface area contributed by atoms with Crippen LogP contribution in [0, 0.1) is 59.2 Å². The molecule has 282 valence electrons. The molecule has 0 bridgehead atoms. The van der Waals surface area contributed by atoms with Crippen LogP contribution < -0.4 is 10.6 Å². The van der Waals surface area contributed by atoms with E-state index in [1.165, 1.54) is 64.2 Å². The first-order valence-electron chi connectivity index (χ1n) is 20.4. The molecule has 0 aliphatic heterocycles. The normalized spacial score (nSPS) is 40.8. The smallest absolute Gasteiger partial charge is 0.307 e. The van der Waals surface area contributed by atoms with E-state index in [1.54, 1.807) is 0 Å². The Hall–Kier alpha value is -1.54. The Labute approximate surface area is 309 Å². The summed E-state index contributed by atoms with van der Waals surface area (Å²) in [7, 11) is 0. The van der Waals surface area contributed by atoms with Gasteiger partial charge in [0.2, 0.25) is 11.8 Å². The molecule has 0 saturated heterocycles. The third kappa shape index (κ3) is 9.15. The highest BCUT2D eigenvalue weighted by Crippen LogP contribution is 2.46. The quantitative estimate of drug-likeness (QED) is 0.177. The van der Waals surface area contributed by atoms with Gasteiger partial charge in [0.25, 0.3) is 0 Å². The molecule has 8 nitrogen and oxygen atoms in total. The predicted octanol–water partition coefficient (Wildman–Crippen LogP) is 8.17. The highest BCUT2D eigenvalue weighted by Gasteiger charge is 2.45. The first-order valence-corrected chi connectivity index (χ1v) is 21.3. The number of hydrogen-bond acceptors (Lipinski definition) is 4. The number of nitrogens with one attached hydrogen (secondary N) is 2. The Morgan fingerprint density at radius 3 is 1.08 bits per heavy atom. The predicted molar refractivity (Wildman–Crippen MR) is 195 cm³/mol. The summed E-state index contributed by atoms with van der Waals surface area (Å²) >= 11 is 13.9. The highest BCUT2D eigenvalue weighted by molar-refractivity contribution is 6.21. The molecule has 0 aromatic carbocycles. The second kappa shape index (κ2) is 17.5. The van der Waals surface area contributed by atoms with Crippen LogP contribution in [0.1, 0.15) is 141 Å². The van der Waals surface area contributed by atoms with E-state index in [0.717, 1.165) is 51.4 Å². The molecule has 6 fully saturated rings. The van der Waals surface area contributed by atoms with Gasteiger partial charge in [0.05, 0.1) is 34.4 Å². The van der Waals surface area contributed by atoms with E-state index < -0.39 is 35.6 Å². The third-order valence-corrected chi connectivity index (χ3v) is 15.6. The largest absolute Gasteiger partial charge is 0.481 e. The monoisotopic (exact) mass is 736 g/mol. The van der Waals surface area contributed by atoms with Crippen molar-refractivity contribution in [1.82, 2.24) is 10.6 Å². The lowest BCUT2D eigenvalue weighted by atomic mass is 9.66. The lowest BCUT2D eigenvalue weighted by Crippen LogP contribution is -2.52. The van der Waals surface area contributed by atoms with Crippen LogP contribution in [-0.4, -0.2) is 56.8 Å². The molecule has 6 saturated carbocycles. The van der Waals surface area contributed by atoms with Crippen molar-refractivity contribution >= 4 is 47.0 Å². The number of carbonyl (C=O) groups is 4. The van der Waals surface area contributed by atoms with E-state index in [9.17, 15) is 29.4 Å². The van der Waals surface area contributed by atoms with Gasteiger partial charge < -0.3 is 20.8 Å². The van der Waals surface area contributed by atoms with Crippen molar-refractivity contribution in [2.24, 2.45) is 59.2 Å². The first-order chi connectivity index (χ1) is 24.1. The summed E-state index contributed by atoms with van der Waals surface area (Å²) in [4.78, 5) is 51.6. The Morgan fingerprint density at radius 2 is 0.740 bits per heavy atom. The minimum absolute atomic E-state index is 0.140. The molecule has 0 heterocycles. The molecular weight excluding hydrogens is 675 g/mol. The highest BCUT2D eigenvalue weighted by atomic mass is 35.5. The van der Waals surface area contributed by atoms with Crippen LogP contribution in [0.15, 0.2) is 0 Å². The molecular formula is C40H62Cl2N2O6. The van der Waals surface area contributed by atoms with Crippen LogP contribution in [0.25, 0.3) is 0 Å². The molecule has 0 aromatic heterocycles. The fourth-order valence-corrected chi connectivity index (χ4v) is 12.5. The second-order valence-corrected chi connectivity index (χ2v) is 18.6. The van der Waals surface area contributed by atoms with Gasteiger partial charge in [0, 0.05) is 12.1 Å². The van der Waals surface area contributed by atoms with Crippen molar-refractivity contribution in [2.45, 2.75) is 164 Å². The van der Waals surface area contributed by atoms with E-state index in [4.69, 9.17) is 23.2 Å². The number of carbonyl (C=O) groups excluding carboxylic acids is 2. The maximum absolute atomic E-state index is 13.5. The third-order valence-electron chi connectivity index (χ3n) is 14.7. The number of alkyl halides is 2. The van der Waals surface area contributed by atoms with Gasteiger partial charge in [-0.3, -0.25) is 19.2 Å². The summed E-state index contributed by atoms with van der Waals surface area (Å²) in [6.45, 7) is 0. The van der Waals surface area contributed by atoms with Crippen molar-refractivity contribution in [3.8, 4) is 0 Å². The molecule has 12 atom stereocenters. The summed E-state index contributed by atoms with van der Waals surface area (Å²) in [6, 6.07) is -0.326. The summed E-state index contributed by atoms with van der Waals surface area (Å²) in [6.07, 6.45) is 21.6. The number of carboxylic acids is 2. The molecule has 6 aliphatic carbocycles. The number of halogens is 2. The van der Waals surface area contributed by atoms with Gasteiger partial charge in [-0.1, -0.05) is 64.2 Å². The van der Waals surface area contributed by atoms with Gasteiger partial charge in [-0.15, -0.1) is 23.2 Å². The van der Waals surface area contributed by atoms with Crippen molar-refractivity contribution in [2.75, 3.05) is 0 Å². The number of rotatable bonds is 9. The fraction of sp³-hybridized carbons (Fsp3) is 0.900. The van der Waals surface area contributed by atoms with Gasteiger partial charge in [-0.05, 0) is 113 Å². The molecule has 4 N–H and O–H groups in total. The van der Waals surface area contributed by atoms with Gasteiger partial charge >= 0.3 is 11.9 Å². The molecule has 12 unspecified atom stereocenters. The van der Waals surface area contributed by atoms with Crippen LogP contribution in [0.4, 0.5) is 0 Å². The van der Waals surface area contributed by atoms with E-state index in [-0.39, 0.29) is 34.7 Å². The van der Waals surface area contributed by atoms with Gasteiger partial charge in [0.1, 0.15) is 0 Å². The number of hydrogen-bond donors (Lipinski definition) is 4. The van der Waals surface area contributed by atoms with Crippen molar-refractivity contribution < 1.29 is 29.4 Å². The average Bonchev–Trinajstić information content (AvgIpc) is 3.13. The summed E-state index contributed by atoms with van der Waals surface area (Å²) in [5, 5.41) is 26.1. The van der Waals surface area contributed by atoms with Gasteiger partial charge in [-0.25, -0.2) is 0 Å². The molecule has 0 aromatic rings. The Morgan fingerprint density at radius 1 is 0.400 bits per heavy atom. The van der Waals surface area contributed by atoms with Crippen LogP contribution in [0.2, 0.25) is 0 Å². The Kier molecular flexibility index (Phi) is 13.4. The van der Waals surface area contributed by atoms with Crippen molar-refractivity contribution in [3.05, 3.63) is 0 Å². The molecule has 10 heteroatoms. The van der Waals surface area contributed by atoms with Gasteiger partial charge in [0.15, 0.2) is 0 Å². The summed E-state index contributed by atoms with van der Waals surface area (Å²) in [5.74, 6) is -1.39. The summed E-state index contributed by atoms with van der Waals surface area (Å²) < 4.78 is 0. The molecule has 50 heavy (non-hydrogen) atoms. The van der Waals surface area contributed by atoms with E-state index in [1.807, 2.05) is 0 Å². The van der Waals surface area contributed by atoms with E-state index in [2.05, 4.69) is 10.6 Å². The number of aliphatic carboxylic acids is 2. The second-order valence-electron chi connectivity index (χ2n) is 17.5. The van der Waals surface area contributed by atoms with Crippen molar-refractivity contribution in [1.29, 1.82) is 0 Å². The SMILES string of the molecule is O=C(O)C1CC(C2CCCCC2)CCC1C(=O)NC1CCC(C2CCC(NC(=O)C3CCC(C4CCCCC4)CC3C(=O)O)C(Cl)C2)CC1Cl. The zero-order valence-corrected chi connectivity index (χ0v) is 31.4. The fourth-order valence-electron chi connectivity index (χ4n) is 11.7. The molecule has 2 amide bonds. The molecule has 0 spiro atoms. The zero-order chi connectivity index (χ0) is 35.4. The lowest BCUT2D eigenvalue weighted by molar-refractivity contribution is -0.151. The minimum atomic E-state index is -0.844. The number of amides is 2. The maximum Gasteiger partial charge on any atom is 0.307 e. The molecule has 6 aliphatic rings. The van der Waals surface area contributed by atoms with E-state index >= 15 is 0 Å². The molecule has 6 rings (SSSR count). The Bertz CT molecular complexity index is 1100. The van der Waals surface area contributed by atoms with E-state index in [0.29, 0.717) is 61.2 Å².